The van der Waals surface area contributed by atoms with Gasteiger partial charge in [-0.05, 0) is 49.9 Å². The van der Waals surface area contributed by atoms with Crippen molar-refractivity contribution < 1.29 is 0 Å². The van der Waals surface area contributed by atoms with Crippen LogP contribution in [0.2, 0.25) is 0 Å². The zero-order chi connectivity index (χ0) is 20.2. The van der Waals surface area contributed by atoms with E-state index in [1.165, 1.54) is 16.8 Å². The number of nitrogens with one attached hydrogen (secondary N) is 2. The molecule has 2 N–H and O–H groups in total. The Bertz CT molecular complexity index is 969. The minimum Gasteiger partial charge on any atom is -0.353 e. The second-order valence-corrected chi connectivity index (χ2v) is 7.82. The lowest BCUT2D eigenvalue weighted by atomic mass is 9.94. The van der Waals surface area contributed by atoms with E-state index < -0.39 is 0 Å². The van der Waals surface area contributed by atoms with Gasteiger partial charge in [0.2, 0.25) is 0 Å². The highest BCUT2D eigenvalue weighted by molar-refractivity contribution is 5.80. The van der Waals surface area contributed by atoms with E-state index in [0.717, 1.165) is 30.9 Å². The summed E-state index contributed by atoms with van der Waals surface area (Å²) in [6.07, 6.45) is 10.8. The van der Waals surface area contributed by atoms with Crippen LogP contribution in [0.5, 0.6) is 0 Å². The molecule has 1 unspecified atom stereocenters. The van der Waals surface area contributed by atoms with Gasteiger partial charge in [0.25, 0.3) is 0 Å². The van der Waals surface area contributed by atoms with Crippen molar-refractivity contribution >= 4 is 5.96 Å². The zero-order valence-electron chi connectivity index (χ0n) is 17.3. The number of fused-ring (bicyclic) bond motifs is 1. The lowest BCUT2D eigenvalue weighted by molar-refractivity contribution is 0.499. The number of aromatic nitrogens is 4. The third-order valence-electron chi connectivity index (χ3n) is 5.36. The Kier molecular flexibility index (Phi) is 5.64. The predicted molar refractivity (Wildman–Crippen MR) is 115 cm³/mol. The van der Waals surface area contributed by atoms with Crippen molar-refractivity contribution in [1.82, 2.24) is 30.0 Å². The first-order chi connectivity index (χ1) is 14.1. The van der Waals surface area contributed by atoms with E-state index in [2.05, 4.69) is 69.6 Å². The molecule has 1 atom stereocenters. The fraction of sp³-hybridized carbons (Fsp3) is 0.409. The third-order valence-corrected chi connectivity index (χ3v) is 5.36. The molecule has 2 aromatic heterocycles. The average Bonchev–Trinajstić information content (AvgIpc) is 3.41. The number of rotatable bonds is 5. The van der Waals surface area contributed by atoms with Gasteiger partial charge in [-0.2, -0.15) is 5.10 Å². The second kappa shape index (κ2) is 8.51. The molecule has 0 aliphatic heterocycles. The molecule has 0 saturated heterocycles. The highest BCUT2D eigenvalue weighted by Crippen LogP contribution is 2.21. The molecule has 1 aliphatic rings. The summed E-state index contributed by atoms with van der Waals surface area (Å²) in [5.41, 5.74) is 4.90. The molecule has 0 amide bonds. The minimum atomic E-state index is 0.349. The first kappa shape index (κ1) is 19.2. The van der Waals surface area contributed by atoms with Gasteiger partial charge in [0.1, 0.15) is 0 Å². The molecule has 0 fully saturated rings. The fourth-order valence-corrected chi connectivity index (χ4v) is 3.71. The van der Waals surface area contributed by atoms with Crippen LogP contribution < -0.4 is 10.6 Å². The highest BCUT2D eigenvalue weighted by Gasteiger charge is 2.23. The summed E-state index contributed by atoms with van der Waals surface area (Å²) in [5.74, 6) is 0.828. The maximum absolute atomic E-state index is 4.77. The summed E-state index contributed by atoms with van der Waals surface area (Å²) in [7, 11) is 1.82. The van der Waals surface area contributed by atoms with Crippen molar-refractivity contribution in [3.05, 3.63) is 66.0 Å². The van der Waals surface area contributed by atoms with Crippen molar-refractivity contribution in [2.45, 2.75) is 51.7 Å². The standard InChI is InChI=1S/C22H29N7/c1-16(2)29-14-18-7-8-19(12-21(18)27-29)26-22(23-3)25-13-17-5-4-6-20(11-17)28-10-9-24-15-28/h4-6,9-11,14-16,19H,7-8,12-13H2,1-3H3,(H2,23,25,26). The van der Waals surface area contributed by atoms with Crippen molar-refractivity contribution in [3.63, 3.8) is 0 Å². The van der Waals surface area contributed by atoms with Crippen molar-refractivity contribution in [2.24, 2.45) is 4.99 Å². The molecule has 0 spiro atoms. The van der Waals surface area contributed by atoms with E-state index in [9.17, 15) is 0 Å². The first-order valence-electron chi connectivity index (χ1n) is 10.2. The lowest BCUT2D eigenvalue weighted by Crippen LogP contribution is -2.45. The molecule has 7 nitrogen and oxygen atoms in total. The van der Waals surface area contributed by atoms with Gasteiger partial charge in [-0.25, -0.2) is 4.98 Å². The summed E-state index contributed by atoms with van der Waals surface area (Å²) >= 11 is 0. The molecule has 2 heterocycles. The fourth-order valence-electron chi connectivity index (χ4n) is 3.71. The third kappa shape index (κ3) is 4.50. The molecule has 29 heavy (non-hydrogen) atoms. The summed E-state index contributed by atoms with van der Waals surface area (Å²) < 4.78 is 4.08. The number of hydrogen-bond acceptors (Lipinski definition) is 3. The number of aliphatic imine (C=N–C) groups is 1. The predicted octanol–water partition coefficient (Wildman–Crippen LogP) is 2.87. The van der Waals surface area contributed by atoms with Crippen LogP contribution in [-0.2, 0) is 19.4 Å². The molecule has 7 heteroatoms. The van der Waals surface area contributed by atoms with Gasteiger partial charge < -0.3 is 15.2 Å². The quantitative estimate of drug-likeness (QED) is 0.518. The maximum Gasteiger partial charge on any atom is 0.191 e. The minimum absolute atomic E-state index is 0.349. The number of nitrogens with zero attached hydrogens (tertiary/aromatic N) is 5. The van der Waals surface area contributed by atoms with E-state index in [-0.39, 0.29) is 0 Å². The molecule has 3 aromatic rings. The molecule has 152 valence electrons. The Balaban J connectivity index is 1.35. The Morgan fingerprint density at radius 2 is 2.24 bits per heavy atom. The maximum atomic E-state index is 4.77. The number of imidazole rings is 1. The Labute approximate surface area is 171 Å². The number of guanidine groups is 1. The number of benzene rings is 1. The van der Waals surface area contributed by atoms with E-state index in [1.54, 1.807) is 6.20 Å². The number of hydrogen-bond donors (Lipinski definition) is 2. The first-order valence-corrected chi connectivity index (χ1v) is 10.2. The molecular formula is C22H29N7. The van der Waals surface area contributed by atoms with E-state index in [0.29, 0.717) is 18.6 Å². The Morgan fingerprint density at radius 1 is 1.34 bits per heavy atom. The van der Waals surface area contributed by atoms with Crippen LogP contribution in [0.25, 0.3) is 5.69 Å². The highest BCUT2D eigenvalue weighted by atomic mass is 15.3. The average molecular weight is 392 g/mol. The van der Waals surface area contributed by atoms with Crippen LogP contribution in [0.15, 0.2) is 54.2 Å². The van der Waals surface area contributed by atoms with Gasteiger partial charge in [-0.1, -0.05) is 12.1 Å². The van der Waals surface area contributed by atoms with Crippen LogP contribution in [-0.4, -0.2) is 38.4 Å². The van der Waals surface area contributed by atoms with Crippen LogP contribution in [0.3, 0.4) is 0 Å². The smallest absolute Gasteiger partial charge is 0.191 e. The topological polar surface area (TPSA) is 72.1 Å². The van der Waals surface area contributed by atoms with Crippen LogP contribution >= 0.6 is 0 Å². The molecule has 1 aromatic carbocycles. The van der Waals surface area contributed by atoms with Gasteiger partial charge in [0.15, 0.2) is 5.96 Å². The van der Waals surface area contributed by atoms with Gasteiger partial charge >= 0.3 is 0 Å². The molecule has 1 aliphatic carbocycles. The molecular weight excluding hydrogens is 362 g/mol. The summed E-state index contributed by atoms with van der Waals surface area (Å²) in [5, 5.41) is 11.8. The zero-order valence-corrected chi connectivity index (χ0v) is 17.3. The molecule has 0 bridgehead atoms. The van der Waals surface area contributed by atoms with Gasteiger partial charge in [-0.15, -0.1) is 0 Å². The largest absolute Gasteiger partial charge is 0.353 e. The SMILES string of the molecule is CN=C(NCc1cccc(-n2ccnc2)c1)NC1CCc2cn(C(C)C)nc2C1. The monoisotopic (exact) mass is 391 g/mol. The van der Waals surface area contributed by atoms with E-state index >= 15 is 0 Å². The van der Waals surface area contributed by atoms with Gasteiger partial charge in [-0.3, -0.25) is 9.67 Å². The van der Waals surface area contributed by atoms with Crippen LogP contribution in [0, 0.1) is 0 Å². The van der Waals surface area contributed by atoms with Crippen molar-refractivity contribution in [3.8, 4) is 5.69 Å². The summed E-state index contributed by atoms with van der Waals surface area (Å²) in [4.78, 5) is 8.53. The molecule has 0 saturated carbocycles. The lowest BCUT2D eigenvalue weighted by Gasteiger charge is -2.24. The summed E-state index contributed by atoms with van der Waals surface area (Å²) in [6.45, 7) is 5.05. The van der Waals surface area contributed by atoms with Crippen molar-refractivity contribution in [1.29, 1.82) is 0 Å². The van der Waals surface area contributed by atoms with Crippen LogP contribution in [0.4, 0.5) is 0 Å². The normalized spacial score (nSPS) is 16.7. The number of aryl methyl sites for hydroxylation is 1. The van der Waals surface area contributed by atoms with Gasteiger partial charge in [0.05, 0.1) is 12.0 Å². The van der Waals surface area contributed by atoms with Crippen LogP contribution in [0.1, 0.15) is 43.1 Å². The molecule has 0 radical (unpaired) electrons. The Hall–Kier alpha value is -3.09. The van der Waals surface area contributed by atoms with Gasteiger partial charge in [0, 0.05) is 56.4 Å². The Morgan fingerprint density at radius 3 is 3.00 bits per heavy atom. The van der Waals surface area contributed by atoms with E-state index in [4.69, 9.17) is 5.10 Å². The summed E-state index contributed by atoms with van der Waals surface area (Å²) in [6, 6.07) is 9.17. The van der Waals surface area contributed by atoms with E-state index in [1.807, 2.05) is 24.1 Å². The second-order valence-electron chi connectivity index (χ2n) is 7.82. The molecule has 4 rings (SSSR count). The van der Waals surface area contributed by atoms with Crippen molar-refractivity contribution in [2.75, 3.05) is 7.05 Å².